The molecule has 7 heteroatoms. The summed E-state index contributed by atoms with van der Waals surface area (Å²) in [7, 11) is 0. The second-order valence-electron chi connectivity index (χ2n) is 5.64. The summed E-state index contributed by atoms with van der Waals surface area (Å²) in [6.07, 6.45) is -1.28. The van der Waals surface area contributed by atoms with Crippen LogP contribution < -0.4 is 5.32 Å². The van der Waals surface area contributed by atoms with E-state index in [4.69, 9.17) is 0 Å². The van der Waals surface area contributed by atoms with E-state index in [2.05, 4.69) is 11.4 Å². The normalized spacial score (nSPS) is 22.2. The maximum atomic E-state index is 12.3. The van der Waals surface area contributed by atoms with Crippen molar-refractivity contribution in [2.75, 3.05) is 19.6 Å². The molecule has 0 bridgehead atoms. The van der Waals surface area contributed by atoms with Crippen molar-refractivity contribution in [2.24, 2.45) is 5.92 Å². The Bertz CT molecular complexity index is 525. The van der Waals surface area contributed by atoms with Crippen molar-refractivity contribution in [2.45, 2.75) is 31.5 Å². The molecule has 2 aliphatic rings. The lowest BCUT2D eigenvalue weighted by Gasteiger charge is -2.36. The first-order valence-electron chi connectivity index (χ1n) is 7.09. The first-order chi connectivity index (χ1) is 9.96. The van der Waals surface area contributed by atoms with Gasteiger partial charge in [0.25, 0.3) is 0 Å². The van der Waals surface area contributed by atoms with Crippen LogP contribution >= 0.6 is 11.3 Å². The molecule has 1 saturated carbocycles. The van der Waals surface area contributed by atoms with Crippen molar-refractivity contribution < 1.29 is 18.0 Å². The Morgan fingerprint density at radius 2 is 2.19 bits per heavy atom. The largest absolute Gasteiger partial charge is 0.401 e. The van der Waals surface area contributed by atoms with Crippen LogP contribution in [0, 0.1) is 5.92 Å². The maximum Gasteiger partial charge on any atom is 0.401 e. The fourth-order valence-electron chi connectivity index (χ4n) is 2.96. The molecule has 1 atom stereocenters. The molecule has 1 aliphatic heterocycles. The molecule has 1 fully saturated rings. The number of nitrogens with zero attached hydrogens (tertiary/aromatic N) is 1. The van der Waals surface area contributed by atoms with Crippen LogP contribution in [0.3, 0.4) is 0 Å². The zero-order valence-corrected chi connectivity index (χ0v) is 12.3. The Labute approximate surface area is 125 Å². The summed E-state index contributed by atoms with van der Waals surface area (Å²) >= 11 is 1.71. The van der Waals surface area contributed by atoms with E-state index in [1.807, 2.05) is 5.38 Å². The SMILES string of the molecule is O=C(CNCC(F)(F)F)N1CCc2sccc2C1C1CC1. The Hall–Kier alpha value is -1.08. The number of nitrogens with one attached hydrogen (secondary N) is 1. The highest BCUT2D eigenvalue weighted by atomic mass is 32.1. The van der Waals surface area contributed by atoms with Crippen LogP contribution in [-0.2, 0) is 11.2 Å². The third-order valence-corrected chi connectivity index (χ3v) is 5.00. The second-order valence-corrected chi connectivity index (χ2v) is 6.64. The highest BCUT2D eigenvalue weighted by Gasteiger charge is 2.41. The van der Waals surface area contributed by atoms with Crippen molar-refractivity contribution in [3.05, 3.63) is 21.9 Å². The number of hydrogen-bond donors (Lipinski definition) is 1. The predicted molar refractivity (Wildman–Crippen MR) is 74.1 cm³/mol. The van der Waals surface area contributed by atoms with E-state index < -0.39 is 12.7 Å². The number of hydrogen-bond acceptors (Lipinski definition) is 3. The Morgan fingerprint density at radius 3 is 2.86 bits per heavy atom. The summed E-state index contributed by atoms with van der Waals surface area (Å²) in [4.78, 5) is 15.4. The van der Waals surface area contributed by atoms with E-state index in [0.717, 1.165) is 19.3 Å². The van der Waals surface area contributed by atoms with E-state index in [1.165, 1.54) is 10.4 Å². The third-order valence-electron chi connectivity index (χ3n) is 4.00. The number of carbonyl (C=O) groups is 1. The molecule has 1 amide bonds. The quantitative estimate of drug-likeness (QED) is 0.926. The molecule has 1 aliphatic carbocycles. The topological polar surface area (TPSA) is 32.3 Å². The van der Waals surface area contributed by atoms with Crippen molar-refractivity contribution in [1.29, 1.82) is 0 Å². The van der Waals surface area contributed by atoms with E-state index >= 15 is 0 Å². The van der Waals surface area contributed by atoms with Crippen LogP contribution in [0.5, 0.6) is 0 Å². The molecule has 1 aromatic rings. The summed E-state index contributed by atoms with van der Waals surface area (Å²) in [5, 5.41) is 4.24. The van der Waals surface area contributed by atoms with E-state index in [-0.39, 0.29) is 18.5 Å². The van der Waals surface area contributed by atoms with E-state index in [1.54, 1.807) is 16.2 Å². The van der Waals surface area contributed by atoms with Crippen molar-refractivity contribution >= 4 is 17.2 Å². The van der Waals surface area contributed by atoms with Crippen molar-refractivity contribution in [3.8, 4) is 0 Å². The second kappa shape index (κ2) is 5.61. The summed E-state index contributed by atoms with van der Waals surface area (Å²) in [5.41, 5.74) is 1.21. The average Bonchev–Trinajstić information content (AvgIpc) is 3.12. The molecular weight excluding hydrogens is 301 g/mol. The van der Waals surface area contributed by atoms with E-state index in [0.29, 0.717) is 12.5 Å². The number of thiophene rings is 1. The molecule has 0 spiro atoms. The Morgan fingerprint density at radius 1 is 1.43 bits per heavy atom. The van der Waals surface area contributed by atoms with Gasteiger partial charge in [0.2, 0.25) is 5.91 Å². The molecule has 0 aromatic carbocycles. The zero-order valence-electron chi connectivity index (χ0n) is 11.4. The highest BCUT2D eigenvalue weighted by molar-refractivity contribution is 7.10. The lowest BCUT2D eigenvalue weighted by molar-refractivity contribution is -0.136. The van der Waals surface area contributed by atoms with Gasteiger partial charge in [-0.1, -0.05) is 0 Å². The van der Waals surface area contributed by atoms with Crippen molar-refractivity contribution in [1.82, 2.24) is 10.2 Å². The minimum Gasteiger partial charge on any atom is -0.334 e. The van der Waals surface area contributed by atoms with Crippen LogP contribution in [0.1, 0.15) is 29.3 Å². The van der Waals surface area contributed by atoms with Gasteiger partial charge in [-0.25, -0.2) is 0 Å². The van der Waals surface area contributed by atoms with Gasteiger partial charge in [0.05, 0.1) is 19.1 Å². The molecule has 3 rings (SSSR count). The van der Waals surface area contributed by atoms with Crippen LogP contribution in [0.4, 0.5) is 13.2 Å². The van der Waals surface area contributed by atoms with E-state index in [9.17, 15) is 18.0 Å². The summed E-state index contributed by atoms with van der Waals surface area (Å²) in [6, 6.07) is 2.13. The summed E-state index contributed by atoms with van der Waals surface area (Å²) < 4.78 is 36.4. The van der Waals surface area contributed by atoms with Crippen LogP contribution in [0.2, 0.25) is 0 Å². The van der Waals surface area contributed by atoms with Crippen molar-refractivity contribution in [3.63, 3.8) is 0 Å². The van der Waals surface area contributed by atoms with Gasteiger partial charge in [-0.05, 0) is 42.2 Å². The van der Waals surface area contributed by atoms with Gasteiger partial charge in [-0.15, -0.1) is 11.3 Å². The van der Waals surface area contributed by atoms with Gasteiger partial charge < -0.3 is 10.2 Å². The number of fused-ring (bicyclic) bond motifs is 1. The molecule has 0 radical (unpaired) electrons. The minimum atomic E-state index is -4.28. The maximum absolute atomic E-state index is 12.3. The lowest BCUT2D eigenvalue weighted by Crippen LogP contribution is -2.45. The summed E-state index contributed by atoms with van der Waals surface area (Å²) in [6.45, 7) is -0.756. The molecule has 21 heavy (non-hydrogen) atoms. The fraction of sp³-hybridized carbons (Fsp3) is 0.643. The van der Waals surface area contributed by atoms with Crippen LogP contribution in [-0.4, -0.2) is 36.6 Å². The minimum absolute atomic E-state index is 0.0696. The van der Waals surface area contributed by atoms with Gasteiger partial charge in [0.15, 0.2) is 0 Å². The lowest BCUT2D eigenvalue weighted by atomic mass is 9.96. The van der Waals surface area contributed by atoms with Gasteiger partial charge in [-0.3, -0.25) is 4.79 Å². The molecule has 3 nitrogen and oxygen atoms in total. The molecule has 116 valence electrons. The molecule has 0 saturated heterocycles. The standard InChI is InChI=1S/C14H17F3N2OS/c15-14(16,17)8-18-7-12(20)19-5-3-11-10(4-6-21-11)13(19)9-1-2-9/h4,6,9,13,18H,1-3,5,7-8H2. The fourth-order valence-corrected chi connectivity index (χ4v) is 3.87. The van der Waals surface area contributed by atoms with Crippen LogP contribution in [0.15, 0.2) is 11.4 Å². The number of amides is 1. The molecule has 2 heterocycles. The molecule has 1 unspecified atom stereocenters. The first kappa shape index (κ1) is 14.8. The molecular formula is C14H17F3N2OS. The average molecular weight is 318 g/mol. The van der Waals surface area contributed by atoms with Gasteiger partial charge in [-0.2, -0.15) is 13.2 Å². The Kier molecular flexibility index (Phi) is 3.96. The number of halogens is 3. The zero-order chi connectivity index (χ0) is 15.0. The third kappa shape index (κ3) is 3.40. The highest BCUT2D eigenvalue weighted by Crippen LogP contribution is 2.48. The predicted octanol–water partition coefficient (Wildman–Crippen LogP) is 2.74. The number of carbonyl (C=O) groups excluding carboxylic acids is 1. The summed E-state index contributed by atoms with van der Waals surface area (Å²) in [5.74, 6) is 0.248. The molecule has 1 N–H and O–H groups in total. The smallest absolute Gasteiger partial charge is 0.334 e. The monoisotopic (exact) mass is 318 g/mol. The van der Waals surface area contributed by atoms with Crippen LogP contribution in [0.25, 0.3) is 0 Å². The first-order valence-corrected chi connectivity index (χ1v) is 7.97. The molecule has 1 aromatic heterocycles. The van der Waals surface area contributed by atoms with Gasteiger partial charge in [0, 0.05) is 11.4 Å². The van der Waals surface area contributed by atoms with Gasteiger partial charge >= 0.3 is 6.18 Å². The van der Waals surface area contributed by atoms with Gasteiger partial charge in [0.1, 0.15) is 0 Å². The number of rotatable bonds is 4. The Balaban J connectivity index is 1.65. The number of alkyl halides is 3.